The van der Waals surface area contributed by atoms with E-state index in [0.29, 0.717) is 30.9 Å². The van der Waals surface area contributed by atoms with Crippen molar-refractivity contribution in [1.82, 2.24) is 14.8 Å². The third-order valence-corrected chi connectivity index (χ3v) is 16.5. The summed E-state index contributed by atoms with van der Waals surface area (Å²) in [6.07, 6.45) is -5.90. The van der Waals surface area contributed by atoms with E-state index in [1.165, 1.54) is 11.3 Å². The second kappa shape index (κ2) is 23.5. The molecule has 0 aliphatic carbocycles. The quantitative estimate of drug-likeness (QED) is 0.168. The number of thiophene rings is 1. The van der Waals surface area contributed by atoms with Crippen LogP contribution in [0.5, 0.6) is 0 Å². The first kappa shape index (κ1) is 56.4. The Kier molecular flexibility index (Phi) is 19.0. The molecular weight excluding hydrogens is 921 g/mol. The number of hydrogen-bond donors (Lipinski definition) is 4. The Morgan fingerprint density at radius 3 is 2.43 bits per heavy atom. The van der Waals surface area contributed by atoms with Gasteiger partial charge in [0.05, 0.1) is 77.5 Å². The number of oxime groups is 1. The standard InChI is InChI=1S/C51H84N6O12S/c1-15-39-51(10,60)45-28(2)24-57(13)29(3)22-50(9,63-26-34(25-62-45)55-64-27-35-19-20-38(70-35)36-17-16-18-40(52)54-36)46(69-48-42(58)37(56(11)12)21-30(4)65-48)31(5)43(32(6)47(59)67-39)68-41-23-49(8,61-14)44(53)33(7)66-41/h16-20,28-33,37,39,41-46,48,58,60H,15,21-27,53H2,1-14H3,(H2,52,54)/b55-34+/t28-,29+,30+,31-,32+,33-,37-,39+,41-,42+,43-,44+,45+,46+,48-,49+,50+,51+/m0/s1. The maximum atomic E-state index is 14.9. The van der Waals surface area contributed by atoms with Gasteiger partial charge < -0.3 is 74.2 Å². The third kappa shape index (κ3) is 12.9. The van der Waals surface area contributed by atoms with Crippen molar-refractivity contribution < 1.29 is 57.7 Å². The number of likely N-dealkylation sites (N-methyl/N-ethyl adjacent to an activating group) is 1. The van der Waals surface area contributed by atoms with Crippen LogP contribution in [0.3, 0.4) is 0 Å². The lowest BCUT2D eigenvalue weighted by atomic mass is 9.78. The molecule has 0 saturated carbocycles. The number of carbonyl (C=O) groups is 1. The highest BCUT2D eigenvalue weighted by atomic mass is 32.1. The second-order valence-corrected chi connectivity index (χ2v) is 22.6. The highest BCUT2D eigenvalue weighted by Gasteiger charge is 2.54. The largest absolute Gasteiger partial charge is 0.459 e. The molecule has 70 heavy (non-hydrogen) atoms. The zero-order valence-electron chi connectivity index (χ0n) is 44.0. The van der Waals surface area contributed by atoms with Crippen LogP contribution in [0, 0.1) is 17.8 Å². The molecule has 5 fully saturated rings. The molecular formula is C51H84N6O12S. The molecule has 396 valence electrons. The summed E-state index contributed by atoms with van der Waals surface area (Å²) in [6, 6.07) is 8.58. The van der Waals surface area contributed by atoms with E-state index in [9.17, 15) is 15.0 Å². The van der Waals surface area contributed by atoms with Crippen LogP contribution < -0.4 is 11.5 Å². The summed E-state index contributed by atoms with van der Waals surface area (Å²) in [5.74, 6) is -2.06. The summed E-state index contributed by atoms with van der Waals surface area (Å²) in [5, 5.41) is 29.5. The van der Waals surface area contributed by atoms with Crippen molar-refractivity contribution in [2.24, 2.45) is 28.6 Å². The molecule has 18 atom stereocenters. The first-order valence-corrected chi connectivity index (χ1v) is 25.9. The average Bonchev–Trinajstić information content (AvgIpc) is 3.78. The Bertz CT molecular complexity index is 2050. The molecule has 19 heteroatoms. The Labute approximate surface area is 419 Å². The van der Waals surface area contributed by atoms with E-state index >= 15 is 0 Å². The van der Waals surface area contributed by atoms with Crippen LogP contribution in [0.15, 0.2) is 35.5 Å². The van der Waals surface area contributed by atoms with Gasteiger partial charge in [-0.1, -0.05) is 32.0 Å². The summed E-state index contributed by atoms with van der Waals surface area (Å²) in [7, 11) is 7.51. The Hall–Kier alpha value is -2.89. The summed E-state index contributed by atoms with van der Waals surface area (Å²) in [4.78, 5) is 31.5. The van der Waals surface area contributed by atoms with Crippen molar-refractivity contribution in [3.63, 3.8) is 0 Å². The van der Waals surface area contributed by atoms with E-state index in [0.717, 1.165) is 15.4 Å². The first-order valence-electron chi connectivity index (χ1n) is 25.1. The van der Waals surface area contributed by atoms with Gasteiger partial charge in [0.25, 0.3) is 0 Å². The molecule has 0 amide bonds. The van der Waals surface area contributed by atoms with Crippen molar-refractivity contribution >= 4 is 28.8 Å². The molecule has 0 aromatic carbocycles. The molecule has 6 N–H and O–H groups in total. The molecule has 5 saturated heterocycles. The monoisotopic (exact) mass is 1000 g/mol. The fourth-order valence-electron chi connectivity index (χ4n) is 11.0. The number of aliphatic hydroxyl groups excluding tert-OH is 1. The van der Waals surface area contributed by atoms with Gasteiger partial charge in [-0.3, -0.25) is 4.79 Å². The number of esters is 1. The van der Waals surface area contributed by atoms with Crippen LogP contribution in [-0.2, 0) is 54.1 Å². The van der Waals surface area contributed by atoms with Gasteiger partial charge >= 0.3 is 5.97 Å². The highest BCUT2D eigenvalue weighted by molar-refractivity contribution is 7.15. The van der Waals surface area contributed by atoms with Crippen molar-refractivity contribution in [3.05, 3.63) is 35.2 Å². The topological polar surface area (TPSA) is 224 Å². The minimum Gasteiger partial charge on any atom is -0.459 e. The number of nitrogens with zero attached hydrogens (tertiary/aromatic N) is 4. The van der Waals surface area contributed by atoms with Crippen molar-refractivity contribution in [2.75, 3.05) is 53.7 Å². The van der Waals surface area contributed by atoms with Crippen LogP contribution in [-0.4, -0.2) is 175 Å². The van der Waals surface area contributed by atoms with Gasteiger partial charge in [-0.05, 0) is 119 Å². The summed E-state index contributed by atoms with van der Waals surface area (Å²) < 4.78 is 53.7. The van der Waals surface area contributed by atoms with Crippen LogP contribution in [0.2, 0.25) is 0 Å². The average molecular weight is 1010 g/mol. The predicted octanol–water partition coefficient (Wildman–Crippen LogP) is 5.21. The fourth-order valence-corrected chi connectivity index (χ4v) is 11.9. The number of carbonyl (C=O) groups excluding carboxylic acids is 1. The number of pyridine rings is 1. The maximum Gasteiger partial charge on any atom is 0.311 e. The van der Waals surface area contributed by atoms with Crippen LogP contribution in [0.25, 0.3) is 10.6 Å². The summed E-state index contributed by atoms with van der Waals surface area (Å²) in [6.45, 7) is 19.7. The lowest BCUT2D eigenvalue weighted by molar-refractivity contribution is -0.313. The van der Waals surface area contributed by atoms with Gasteiger partial charge in [0.2, 0.25) is 0 Å². The van der Waals surface area contributed by atoms with Gasteiger partial charge in [-0.25, -0.2) is 4.98 Å². The van der Waals surface area contributed by atoms with Crippen molar-refractivity contribution in [1.29, 1.82) is 0 Å². The zero-order chi connectivity index (χ0) is 51.5. The van der Waals surface area contributed by atoms with Gasteiger partial charge in [0.15, 0.2) is 19.2 Å². The predicted molar refractivity (Wildman–Crippen MR) is 268 cm³/mol. The smallest absolute Gasteiger partial charge is 0.311 e. The lowest BCUT2D eigenvalue weighted by Crippen LogP contribution is -2.62. The molecule has 0 unspecified atom stereocenters. The highest BCUT2D eigenvalue weighted by Crippen LogP contribution is 2.42. The number of anilines is 1. The second-order valence-electron chi connectivity index (χ2n) is 21.4. The number of aliphatic hydroxyl groups is 2. The summed E-state index contributed by atoms with van der Waals surface area (Å²) >= 11 is 1.52. The van der Waals surface area contributed by atoms with E-state index in [4.69, 9.17) is 54.2 Å². The lowest BCUT2D eigenvalue weighted by Gasteiger charge is -2.50. The van der Waals surface area contributed by atoms with Crippen molar-refractivity contribution in [3.8, 4) is 10.6 Å². The molecule has 0 spiro atoms. The SMILES string of the molecule is CC[C@H]1OC(=O)[C@H](C)[C@@H](O[C@H]2C[C@@](C)(OC)[C@H](N)[C@H](C)O2)[C@H](C)[C@@H](O[C@@H]2O[C@H](C)C[C@H](N(C)C)[C@H]2O)[C@@]2(C)C[C@@H](C)N(C)C[C@H](C)[C@@H](OC/C(=N\OCc3ccc(-c4cccc(N)n4)s3)CO2)[C@]1(C)O. The van der Waals surface area contributed by atoms with Gasteiger partial charge in [0, 0.05) is 43.0 Å². The van der Waals surface area contributed by atoms with Gasteiger partial charge in [0.1, 0.15) is 29.3 Å². The molecule has 7 heterocycles. The number of fused-ring (bicyclic) bond motifs is 15. The normalized spacial score (nSPS) is 41.5. The number of rotatable bonds is 11. The molecule has 2 aromatic heterocycles. The first-order chi connectivity index (χ1) is 32.9. The number of methoxy groups -OCH3 is 1. The van der Waals surface area contributed by atoms with Crippen LogP contribution in [0.1, 0.15) is 99.8 Å². The van der Waals surface area contributed by atoms with E-state index in [1.807, 2.05) is 98.8 Å². The number of nitrogens with two attached hydrogens (primary N) is 2. The fraction of sp³-hybridized carbons (Fsp3) is 0.784. The van der Waals surface area contributed by atoms with Gasteiger partial charge in [-0.15, -0.1) is 11.3 Å². The minimum absolute atomic E-state index is 0.0719. The number of ether oxygens (including phenoxy) is 8. The Morgan fingerprint density at radius 1 is 1.03 bits per heavy atom. The molecule has 18 nitrogen and oxygen atoms in total. The number of nitrogen functional groups attached to an aromatic ring is 1. The molecule has 5 aliphatic heterocycles. The molecule has 2 bridgehead atoms. The number of hydrogen-bond acceptors (Lipinski definition) is 19. The Balaban J connectivity index is 1.48. The summed E-state index contributed by atoms with van der Waals surface area (Å²) in [5.41, 5.74) is 10.1. The molecule has 5 aliphatic rings. The number of aromatic nitrogens is 1. The zero-order valence-corrected chi connectivity index (χ0v) is 44.8. The van der Waals surface area contributed by atoms with E-state index in [1.54, 1.807) is 27.0 Å². The molecule has 7 rings (SSSR count). The van der Waals surface area contributed by atoms with Crippen molar-refractivity contribution in [2.45, 2.75) is 192 Å². The van der Waals surface area contributed by atoms with Crippen LogP contribution in [0.4, 0.5) is 5.82 Å². The Morgan fingerprint density at radius 2 is 1.76 bits per heavy atom. The maximum absolute atomic E-state index is 14.9. The van der Waals surface area contributed by atoms with Crippen LogP contribution >= 0.6 is 11.3 Å². The van der Waals surface area contributed by atoms with E-state index < -0.39 is 89.9 Å². The van der Waals surface area contributed by atoms with E-state index in [2.05, 4.69) is 22.0 Å². The van der Waals surface area contributed by atoms with Gasteiger partial charge in [-0.2, -0.15) is 0 Å². The van der Waals surface area contributed by atoms with E-state index in [-0.39, 0.29) is 56.8 Å². The molecule has 2 aromatic rings. The molecule has 0 radical (unpaired) electrons. The third-order valence-electron chi connectivity index (χ3n) is 15.4. The minimum atomic E-state index is -1.68.